The third-order valence-corrected chi connectivity index (χ3v) is 4.21. The molecule has 1 aromatic heterocycles. The van der Waals surface area contributed by atoms with Crippen LogP contribution in [0.2, 0.25) is 5.02 Å². The minimum atomic E-state index is 0.370. The highest BCUT2D eigenvalue weighted by Gasteiger charge is 2.30. The molecule has 2 heterocycles. The largest absolute Gasteiger partial charge is 0.330 e. The van der Waals surface area contributed by atoms with E-state index in [2.05, 4.69) is 28.1 Å². The first kappa shape index (κ1) is 13.9. The van der Waals surface area contributed by atoms with Crippen molar-refractivity contribution in [2.75, 3.05) is 18.0 Å². The Morgan fingerprint density at radius 3 is 2.95 bits per heavy atom. The summed E-state index contributed by atoms with van der Waals surface area (Å²) in [6.07, 6.45) is 2.54. The summed E-state index contributed by atoms with van der Waals surface area (Å²) in [6, 6.07) is 11.9. The maximum atomic E-state index is 9.12. The number of fused-ring (bicyclic) bond motifs is 1. The van der Waals surface area contributed by atoms with Crippen molar-refractivity contribution in [1.29, 1.82) is 5.26 Å². The van der Waals surface area contributed by atoms with Gasteiger partial charge in [-0.15, -0.1) is 0 Å². The lowest BCUT2D eigenvalue weighted by Gasteiger charge is -2.20. The first-order chi connectivity index (χ1) is 10.3. The Labute approximate surface area is 128 Å². The Kier molecular flexibility index (Phi) is 3.78. The summed E-state index contributed by atoms with van der Waals surface area (Å²) < 4.78 is 0. The number of halogens is 1. The van der Waals surface area contributed by atoms with Crippen LogP contribution in [0.1, 0.15) is 23.5 Å². The van der Waals surface area contributed by atoms with Crippen LogP contribution in [0.3, 0.4) is 0 Å². The quantitative estimate of drug-likeness (QED) is 0.945. The predicted molar refractivity (Wildman–Crippen MR) is 83.8 cm³/mol. The Morgan fingerprint density at radius 2 is 2.19 bits per heavy atom. The lowest BCUT2D eigenvalue weighted by molar-refractivity contribution is 0.667. The molecule has 0 spiro atoms. The molecule has 2 N–H and O–H groups in total. The highest BCUT2D eigenvalue weighted by Crippen LogP contribution is 2.43. The minimum absolute atomic E-state index is 0.370. The monoisotopic (exact) mass is 298 g/mol. The number of para-hydroxylation sites is 1. The highest BCUT2D eigenvalue weighted by atomic mass is 35.5. The van der Waals surface area contributed by atoms with E-state index in [4.69, 9.17) is 22.6 Å². The lowest BCUT2D eigenvalue weighted by atomic mass is 9.98. The molecule has 4 nitrogen and oxygen atoms in total. The highest BCUT2D eigenvalue weighted by molar-refractivity contribution is 6.34. The third kappa shape index (κ3) is 2.35. The molecule has 0 bridgehead atoms. The van der Waals surface area contributed by atoms with Gasteiger partial charge in [0.15, 0.2) is 5.82 Å². The summed E-state index contributed by atoms with van der Waals surface area (Å²) in [5.41, 5.74) is 8.53. The van der Waals surface area contributed by atoms with Gasteiger partial charge < -0.3 is 10.6 Å². The van der Waals surface area contributed by atoms with Crippen LogP contribution in [-0.2, 0) is 0 Å². The third-order valence-electron chi connectivity index (χ3n) is 3.83. The summed E-state index contributed by atoms with van der Waals surface area (Å²) in [5, 5.41) is 9.53. The molecule has 3 rings (SSSR count). The summed E-state index contributed by atoms with van der Waals surface area (Å²) in [6.45, 7) is 1.43. The van der Waals surface area contributed by atoms with Crippen LogP contribution >= 0.6 is 11.6 Å². The second kappa shape index (κ2) is 5.72. The number of anilines is 2. The normalized spacial score (nSPS) is 16.6. The lowest BCUT2D eigenvalue weighted by Crippen LogP contribution is -2.19. The topological polar surface area (TPSA) is 65.9 Å². The Morgan fingerprint density at radius 1 is 1.38 bits per heavy atom. The summed E-state index contributed by atoms with van der Waals surface area (Å²) in [5.74, 6) is 1.01. The first-order valence-electron chi connectivity index (χ1n) is 6.87. The molecule has 1 aliphatic heterocycles. The standard InChI is InChI=1S/C16H15ClN4/c17-15-11(9-19)6-8-20-16(15)21-10-12(5-7-18)13-3-1-2-4-14(13)21/h1-4,6,8,12H,5,7,10,18H2. The van der Waals surface area contributed by atoms with Gasteiger partial charge in [0.1, 0.15) is 11.1 Å². The van der Waals surface area contributed by atoms with Gasteiger partial charge in [-0.3, -0.25) is 0 Å². The zero-order valence-corrected chi connectivity index (χ0v) is 12.2. The van der Waals surface area contributed by atoms with Crippen molar-refractivity contribution >= 4 is 23.1 Å². The van der Waals surface area contributed by atoms with Crippen molar-refractivity contribution in [1.82, 2.24) is 4.98 Å². The molecule has 21 heavy (non-hydrogen) atoms. The molecule has 0 saturated heterocycles. The number of hydrogen-bond acceptors (Lipinski definition) is 4. The molecular weight excluding hydrogens is 284 g/mol. The molecule has 0 amide bonds. The van der Waals surface area contributed by atoms with Gasteiger partial charge in [0.2, 0.25) is 0 Å². The molecule has 106 valence electrons. The van der Waals surface area contributed by atoms with E-state index in [1.807, 2.05) is 12.1 Å². The van der Waals surface area contributed by atoms with E-state index < -0.39 is 0 Å². The van der Waals surface area contributed by atoms with Crippen LogP contribution in [0.5, 0.6) is 0 Å². The van der Waals surface area contributed by atoms with Gasteiger partial charge in [-0.2, -0.15) is 5.26 Å². The number of nitriles is 1. The summed E-state index contributed by atoms with van der Waals surface area (Å²) >= 11 is 6.33. The molecule has 1 aliphatic rings. The van der Waals surface area contributed by atoms with Gasteiger partial charge in [0.25, 0.3) is 0 Å². The molecule has 0 saturated carbocycles. The molecule has 1 unspecified atom stereocenters. The Hall–Kier alpha value is -2.09. The van der Waals surface area contributed by atoms with Crippen LogP contribution in [0, 0.1) is 11.3 Å². The molecule has 0 fully saturated rings. The van der Waals surface area contributed by atoms with E-state index in [0.29, 0.717) is 28.9 Å². The van der Waals surface area contributed by atoms with Crippen LogP contribution in [0.15, 0.2) is 36.5 Å². The number of hydrogen-bond donors (Lipinski definition) is 1. The van der Waals surface area contributed by atoms with Gasteiger partial charge in [-0.25, -0.2) is 4.98 Å². The molecule has 0 radical (unpaired) electrons. The first-order valence-corrected chi connectivity index (χ1v) is 7.25. The van der Waals surface area contributed by atoms with Gasteiger partial charge in [0.05, 0.1) is 5.56 Å². The van der Waals surface area contributed by atoms with Crippen LogP contribution in [-0.4, -0.2) is 18.1 Å². The van der Waals surface area contributed by atoms with Gasteiger partial charge in [-0.1, -0.05) is 29.8 Å². The van der Waals surface area contributed by atoms with E-state index in [9.17, 15) is 0 Å². The predicted octanol–water partition coefficient (Wildman–Crippen LogP) is 3.19. The maximum absolute atomic E-state index is 9.12. The summed E-state index contributed by atoms with van der Waals surface area (Å²) in [4.78, 5) is 6.46. The number of aromatic nitrogens is 1. The average molecular weight is 299 g/mol. The van der Waals surface area contributed by atoms with E-state index in [-0.39, 0.29) is 0 Å². The summed E-state index contributed by atoms with van der Waals surface area (Å²) in [7, 11) is 0. The second-order valence-electron chi connectivity index (χ2n) is 5.05. The fourth-order valence-electron chi connectivity index (χ4n) is 2.85. The zero-order chi connectivity index (χ0) is 14.8. The van der Waals surface area contributed by atoms with Crippen LogP contribution in [0.4, 0.5) is 11.5 Å². The Bertz CT molecular complexity index is 708. The van der Waals surface area contributed by atoms with Gasteiger partial charge >= 0.3 is 0 Å². The van der Waals surface area contributed by atoms with E-state index in [1.165, 1.54) is 5.56 Å². The fourth-order valence-corrected chi connectivity index (χ4v) is 3.11. The van der Waals surface area contributed by atoms with Crippen LogP contribution < -0.4 is 10.6 Å². The van der Waals surface area contributed by atoms with Crippen molar-refractivity contribution in [3.63, 3.8) is 0 Å². The fraction of sp³-hybridized carbons (Fsp3) is 0.250. The minimum Gasteiger partial charge on any atom is -0.330 e. The molecule has 2 aromatic rings. The van der Waals surface area contributed by atoms with Crippen molar-refractivity contribution in [3.8, 4) is 6.07 Å². The number of benzene rings is 1. The molecule has 1 atom stereocenters. The number of pyridine rings is 1. The van der Waals surface area contributed by atoms with E-state index >= 15 is 0 Å². The number of nitrogens with two attached hydrogens (primary N) is 1. The van der Waals surface area contributed by atoms with Gasteiger partial charge in [0, 0.05) is 24.3 Å². The molecule has 0 aliphatic carbocycles. The SMILES string of the molecule is N#Cc1ccnc(N2CC(CCN)c3ccccc32)c1Cl. The van der Waals surface area contributed by atoms with E-state index in [1.54, 1.807) is 12.3 Å². The smallest absolute Gasteiger partial charge is 0.153 e. The zero-order valence-electron chi connectivity index (χ0n) is 11.5. The van der Waals surface area contributed by atoms with Crippen molar-refractivity contribution in [2.24, 2.45) is 5.73 Å². The average Bonchev–Trinajstić information content (AvgIpc) is 2.87. The molecular formula is C16H15ClN4. The number of rotatable bonds is 3. The molecule has 5 heteroatoms. The number of nitrogens with zero attached hydrogens (tertiary/aromatic N) is 3. The van der Waals surface area contributed by atoms with Crippen molar-refractivity contribution < 1.29 is 0 Å². The van der Waals surface area contributed by atoms with Gasteiger partial charge in [-0.05, 0) is 30.7 Å². The second-order valence-corrected chi connectivity index (χ2v) is 5.43. The maximum Gasteiger partial charge on any atom is 0.153 e. The van der Waals surface area contributed by atoms with Crippen LogP contribution in [0.25, 0.3) is 0 Å². The molecule has 1 aromatic carbocycles. The van der Waals surface area contributed by atoms with E-state index in [0.717, 1.165) is 18.7 Å². The van der Waals surface area contributed by atoms with Crippen molar-refractivity contribution in [2.45, 2.75) is 12.3 Å². The Balaban J connectivity index is 2.07. The van der Waals surface area contributed by atoms with Crippen molar-refractivity contribution in [3.05, 3.63) is 52.7 Å².